The first-order valence-corrected chi connectivity index (χ1v) is 49.9. The van der Waals surface area contributed by atoms with Crippen LogP contribution in [0.4, 0.5) is 11.6 Å². The molecule has 20 aromatic rings. The first-order valence-electron chi connectivity index (χ1n) is 41.4. The summed E-state index contributed by atoms with van der Waals surface area (Å²) in [7, 11) is 13.8. The smallest absolute Gasteiger partial charge is 0.0894 e. The van der Waals surface area contributed by atoms with Gasteiger partial charge in [-0.2, -0.15) is 0 Å². The maximum Gasteiger partial charge on any atom is 0.0894 e. The van der Waals surface area contributed by atoms with Crippen LogP contribution in [0.3, 0.4) is 0 Å². The average Bonchev–Trinajstić information content (AvgIpc) is 1.65. The summed E-state index contributed by atoms with van der Waals surface area (Å²) in [5, 5.41) is 35.4. The number of benzene rings is 5. The molecule has 0 unspecified atom stereocenters. The van der Waals surface area contributed by atoms with Gasteiger partial charge in [-0.3, -0.25) is 54.8 Å². The Bertz CT molecular complexity index is 6730. The minimum atomic E-state index is -1.24. The third-order valence-corrected chi connectivity index (χ3v) is 19.0. The summed E-state index contributed by atoms with van der Waals surface area (Å²) in [5.41, 5.74) is 17.2. The molecule has 0 aliphatic carbocycles. The van der Waals surface area contributed by atoms with Crippen molar-refractivity contribution in [3.8, 4) is 96.3 Å². The van der Waals surface area contributed by atoms with E-state index in [0.29, 0.717) is 23.3 Å². The molecule has 0 atom stereocenters. The van der Waals surface area contributed by atoms with Crippen LogP contribution in [0.5, 0.6) is 5.75 Å². The van der Waals surface area contributed by atoms with Gasteiger partial charge in [-0.1, -0.05) is 187 Å². The summed E-state index contributed by atoms with van der Waals surface area (Å²) in [6, 6.07) is 123. The second-order valence-electron chi connectivity index (χ2n) is 27.9. The molecule has 2 radical (unpaired) electrons. The molecule has 0 bridgehead atoms. The number of carboxylic acids is 2. The summed E-state index contributed by atoms with van der Waals surface area (Å²) < 4.78 is 0. The van der Waals surface area contributed by atoms with Crippen molar-refractivity contribution < 1.29 is 122 Å². The number of pyridine rings is 14. The Balaban J connectivity index is 0.000000166. The van der Waals surface area contributed by atoms with Crippen molar-refractivity contribution in [2.24, 2.45) is 9.98 Å². The molecule has 21 rings (SSSR count). The van der Waals surface area contributed by atoms with E-state index in [0.717, 1.165) is 135 Å². The Morgan fingerprint density at radius 3 is 0.971 bits per heavy atom. The van der Waals surface area contributed by atoms with Crippen molar-refractivity contribution in [3.05, 3.63) is 494 Å². The first-order chi connectivity index (χ1) is 67.5. The second-order valence-corrected chi connectivity index (χ2v) is 27.9. The fourth-order valence-electron chi connectivity index (χ4n) is 12.9. The molecule has 3 N–H and O–H groups in total. The third-order valence-electron chi connectivity index (χ3n) is 19.0. The van der Waals surface area contributed by atoms with Crippen LogP contribution in [0.15, 0.2) is 442 Å². The molecule has 31 heteroatoms. The molecular weight excluding hydrogens is 2700 g/mol. The van der Waals surface area contributed by atoms with Crippen LogP contribution in [0, 0.1) is 12.1 Å². The molecule has 0 saturated heterocycles. The summed E-state index contributed by atoms with van der Waals surface area (Å²) in [6.45, 7) is 0. The fourth-order valence-corrected chi connectivity index (χ4v) is 12.9. The normalized spacial score (nSPS) is 11.2. The molecule has 23 nitrogen and oxygen atoms in total. The van der Waals surface area contributed by atoms with E-state index in [1.165, 1.54) is 18.2 Å². The molecule has 0 fully saturated rings. The van der Waals surface area contributed by atoms with Gasteiger partial charge in [-0.05, 0) is 191 Å². The SMILES string of the molecule is C(c1ccccn1)=c1[n-]c(=Cc2ccccn2)c2ccccc12.O=C(O)c1cccc(C(=O)O)n1.Oc1ccccc1-c1cccc(-c2ccccn2)n1.[Cl][Pt+].[Cl][Pt+].[Cl][Pt].[Ir].[Re].[c-]1c(-c2ccccn2)cccc1-c1ccccn1.[c-]1ccccc1-c1cccc(-c2ccccn2)n1.c1ccc(-c2cccc(-c3ccccn3)n2)nc1.c1ccc(N=C2[N-]C(=Nc3ccccn3)c3ccccc32)nc1. The van der Waals surface area contributed by atoms with Gasteiger partial charge in [-0.25, -0.2) is 24.5 Å². The average molecular weight is 2780 g/mol. The van der Waals surface area contributed by atoms with Gasteiger partial charge in [0.2, 0.25) is 0 Å². The maximum atomic E-state index is 10.3. The molecule has 139 heavy (non-hydrogen) atoms. The first kappa shape index (κ1) is 107. The number of hydrogen-bond donors (Lipinski definition) is 3. The zero-order valence-corrected chi connectivity index (χ0v) is 86.8. The number of aliphatic imine (C=N–C) groups is 2. The van der Waals surface area contributed by atoms with Crippen LogP contribution in [-0.2, 0) is 96.8 Å². The summed E-state index contributed by atoms with van der Waals surface area (Å²) in [5.74, 6) is 0.243. The van der Waals surface area contributed by atoms with E-state index in [1.54, 1.807) is 130 Å². The van der Waals surface area contributed by atoms with Crippen LogP contribution in [0.1, 0.15) is 43.5 Å². The number of amidine groups is 2. The molecule has 0 saturated carbocycles. The molecule has 1 aliphatic heterocycles. The molecule has 5 aromatic carbocycles. The van der Waals surface area contributed by atoms with Crippen LogP contribution < -0.4 is 15.7 Å². The summed E-state index contributed by atoms with van der Waals surface area (Å²) in [4.78, 5) is 94.6. The number of fused-ring (bicyclic) bond motifs is 2. The number of halogens is 3. The molecule has 0 spiro atoms. The standard InChI is InChI=1S/C20H14N3.C18H12N5.C16H12N2O.2C16H11N2.C15H11N3.C7H5NO4.3ClH.Ir.3Pt.Re/c1-2-10-18-17(9-1)19(13-15-7-3-5-11-21-15)23-20(18)14-16-8-4-6-12-22-16;1-2-8-14-13(7-1)17(21-15-9-3-5-11-19-15)23-18(14)22-16-10-4-6-12-20-16;19-16-10-2-1-6-12(16)13-8-5-9-15(18-13)14-7-3-4-11-17-14;1-3-10-17-15(8-1)13-6-5-7-14(12-13)16-9-2-4-11-18-16;1-2-7-13(8-3-1)14-10-6-11-16(18-14)15-9-4-5-12-17-15;1-3-10-16-12(6-1)14-8-5-9-15(18-14)13-7-2-4-11-17-13;9-6(10)4-2-1-3-5(8-4)7(11)12;;;;;;;;/h1-14H;1-12H;1-11,19H;1-11H;1-7,9-12H;1-11H;1-3H,(H,9,10)(H,11,12);3*1H;;;;;/q2*-1;;2*-1;;;;;;;+1;2*+2;/p-3. The van der Waals surface area contributed by atoms with Crippen molar-refractivity contribution in [1.29, 1.82) is 0 Å². The van der Waals surface area contributed by atoms with Crippen LogP contribution in [0.25, 0.3) is 119 Å². The number of aromatic hydroxyl groups is 1. The summed E-state index contributed by atoms with van der Waals surface area (Å²) in [6.07, 6.45) is 21.7. The number of carboxylic acid groups (broad SMARTS) is 2. The largest absolute Gasteiger partial charge is 0.357 e. The number of hydrogen-bond acceptors (Lipinski definition) is 19. The van der Waals surface area contributed by atoms with Crippen LogP contribution in [-0.4, -0.2) is 109 Å². The number of carbonyl (C=O) groups is 2. The minimum Gasteiger partial charge on any atom is -0.357 e. The third kappa shape index (κ3) is 32.7. The number of aromatic carboxylic acids is 2. The predicted molar refractivity (Wildman–Crippen MR) is 527 cm³/mol. The van der Waals surface area contributed by atoms with E-state index in [2.05, 4.69) is 138 Å². The Morgan fingerprint density at radius 1 is 0.309 bits per heavy atom. The molecule has 1 aliphatic rings. The quantitative estimate of drug-likeness (QED) is 0.0851. The van der Waals surface area contributed by atoms with E-state index >= 15 is 0 Å². The second kappa shape index (κ2) is 58.9. The zero-order valence-electron chi connectivity index (χ0n) is 72.6. The minimum absolute atomic E-state index is 0. The maximum absolute atomic E-state index is 10.3. The van der Waals surface area contributed by atoms with Crippen molar-refractivity contribution in [3.63, 3.8) is 0 Å². The van der Waals surface area contributed by atoms with E-state index in [-0.39, 0.29) is 57.7 Å². The molecule has 697 valence electrons. The molecule has 15 aromatic heterocycles. The Morgan fingerprint density at radius 2 is 0.612 bits per heavy atom. The van der Waals surface area contributed by atoms with Gasteiger partial charge < -0.3 is 35.6 Å². The van der Waals surface area contributed by atoms with Crippen LogP contribution >= 0.6 is 28.3 Å². The van der Waals surface area contributed by atoms with E-state index < -0.39 is 11.9 Å². The molecule has 0 amide bonds. The Labute approximate surface area is 874 Å². The van der Waals surface area contributed by atoms with Crippen molar-refractivity contribution >= 4 is 86.4 Å². The number of para-hydroxylation sites is 1. The number of phenolic OH excluding ortho intramolecular Hbond substituents is 1. The van der Waals surface area contributed by atoms with Gasteiger partial charge in [0, 0.05) is 131 Å². The summed E-state index contributed by atoms with van der Waals surface area (Å²) >= 11 is 4.83. The number of phenols is 1. The van der Waals surface area contributed by atoms with Gasteiger partial charge in [0.05, 0.1) is 74.3 Å². The van der Waals surface area contributed by atoms with E-state index in [1.807, 2.05) is 340 Å². The monoisotopic (exact) mass is 2770 g/mol. The van der Waals surface area contributed by atoms with Crippen LogP contribution in [0.2, 0.25) is 0 Å². The predicted octanol–water partition coefficient (Wildman–Crippen LogP) is 22.7. The number of aromatic nitrogens is 15. The van der Waals surface area contributed by atoms with Crippen molar-refractivity contribution in [2.75, 3.05) is 0 Å². The van der Waals surface area contributed by atoms with Gasteiger partial charge in [0.15, 0.2) is 0 Å². The van der Waals surface area contributed by atoms with Crippen molar-refractivity contribution in [2.45, 2.75) is 0 Å². The van der Waals surface area contributed by atoms with Gasteiger partial charge in [0.1, 0.15) is 17.1 Å². The molecule has 16 heterocycles. The van der Waals surface area contributed by atoms with Gasteiger partial charge >= 0.3 is 96.5 Å². The van der Waals surface area contributed by atoms with E-state index in [9.17, 15) is 14.7 Å². The Hall–Kier alpha value is -14.4. The van der Waals surface area contributed by atoms with Gasteiger partial charge in [-0.15, -0.1) is 70.9 Å². The topological polar surface area (TPSA) is 328 Å². The van der Waals surface area contributed by atoms with Crippen molar-refractivity contribution in [1.82, 2.24) is 74.8 Å². The molecular formula is C108H76Cl3IrN18O5Pt3Re-2. The number of rotatable bonds is 14. The van der Waals surface area contributed by atoms with Gasteiger partial charge in [0.25, 0.3) is 0 Å². The zero-order chi connectivity index (χ0) is 95.8. The number of nitrogens with zero attached hydrogens (tertiary/aromatic N) is 18. The Kier molecular flexibility index (Phi) is 45.2. The van der Waals surface area contributed by atoms with E-state index in [4.69, 9.17) is 15.2 Å². The fraction of sp³-hybridized carbons (Fsp3) is 0.